The molecule has 1 aliphatic rings. The van der Waals surface area contributed by atoms with Crippen LogP contribution in [-0.2, 0) is 9.53 Å². The van der Waals surface area contributed by atoms with Crippen LogP contribution in [0.2, 0.25) is 0 Å². The topological polar surface area (TPSA) is 82.4 Å². The molecule has 5 heteroatoms. The van der Waals surface area contributed by atoms with E-state index in [2.05, 4.69) is 5.32 Å². The second-order valence-electron chi connectivity index (χ2n) is 4.12. The van der Waals surface area contributed by atoms with Gasteiger partial charge in [-0.25, -0.2) is 0 Å². The molecule has 5 nitrogen and oxygen atoms in total. The highest BCUT2D eigenvalue weighted by Gasteiger charge is 2.46. The Balaban J connectivity index is 2.02. The third kappa shape index (κ3) is 2.22. The predicted octanol–water partition coefficient (Wildman–Crippen LogP) is 1.07. The quantitative estimate of drug-likeness (QED) is 0.811. The smallest absolute Gasteiger partial charge is 0.316 e. The molecule has 2 N–H and O–H groups in total. The summed E-state index contributed by atoms with van der Waals surface area (Å²) in [4.78, 5) is 11.1. The van der Waals surface area contributed by atoms with Crippen LogP contribution in [0.1, 0.15) is 5.56 Å². The number of nitrogens with zero attached hydrogens (tertiary/aromatic N) is 1. The molecule has 0 saturated carbocycles. The summed E-state index contributed by atoms with van der Waals surface area (Å²) < 4.78 is 4.96. The van der Waals surface area contributed by atoms with Gasteiger partial charge in [-0.3, -0.25) is 4.79 Å². The van der Waals surface area contributed by atoms with Crippen LogP contribution in [0.15, 0.2) is 24.3 Å². The zero-order valence-corrected chi connectivity index (χ0v) is 9.14. The Morgan fingerprint density at radius 1 is 1.59 bits per heavy atom. The summed E-state index contributed by atoms with van der Waals surface area (Å²) in [6, 6.07) is 8.98. The van der Waals surface area contributed by atoms with Gasteiger partial charge in [-0.05, 0) is 18.2 Å². The molecule has 1 aromatic rings. The number of carboxylic acids is 1. The first-order chi connectivity index (χ1) is 8.16. The summed E-state index contributed by atoms with van der Waals surface area (Å²) in [6.07, 6.45) is 0. The average Bonchev–Trinajstić information content (AvgIpc) is 2.27. The molecule has 0 unspecified atom stereocenters. The Morgan fingerprint density at radius 3 is 2.88 bits per heavy atom. The van der Waals surface area contributed by atoms with E-state index in [0.29, 0.717) is 12.1 Å². The summed E-state index contributed by atoms with van der Waals surface area (Å²) in [6.45, 7) is 0.762. The van der Waals surface area contributed by atoms with Crippen molar-refractivity contribution in [3.05, 3.63) is 29.8 Å². The highest BCUT2D eigenvalue weighted by Crippen LogP contribution is 2.28. The van der Waals surface area contributed by atoms with Gasteiger partial charge in [-0.1, -0.05) is 6.07 Å². The van der Waals surface area contributed by atoms with Gasteiger partial charge in [-0.2, -0.15) is 5.26 Å². The summed E-state index contributed by atoms with van der Waals surface area (Å²) in [5.41, 5.74) is 0.462. The number of carboxylic acid groups (broad SMARTS) is 1. The number of hydrogen-bond acceptors (Lipinski definition) is 4. The normalized spacial score (nSPS) is 16.6. The molecule has 1 aliphatic heterocycles. The van der Waals surface area contributed by atoms with Crippen LogP contribution in [0.4, 0.5) is 5.69 Å². The van der Waals surface area contributed by atoms with Crippen molar-refractivity contribution in [1.82, 2.24) is 0 Å². The van der Waals surface area contributed by atoms with Crippen molar-refractivity contribution in [2.75, 3.05) is 25.1 Å². The fourth-order valence-corrected chi connectivity index (χ4v) is 1.62. The number of nitriles is 1. The lowest BCUT2D eigenvalue weighted by Crippen LogP contribution is -2.53. The second-order valence-corrected chi connectivity index (χ2v) is 4.12. The van der Waals surface area contributed by atoms with Crippen LogP contribution in [0, 0.1) is 16.7 Å². The maximum atomic E-state index is 11.1. The Labute approximate surface area is 98.6 Å². The molecule has 1 aromatic carbocycles. The van der Waals surface area contributed by atoms with Crippen molar-refractivity contribution >= 4 is 11.7 Å². The highest BCUT2D eigenvalue weighted by atomic mass is 16.5. The SMILES string of the molecule is N#Cc1cccc(NCC2(C(=O)O)COC2)c1. The van der Waals surface area contributed by atoms with Crippen molar-refractivity contribution in [3.63, 3.8) is 0 Å². The minimum Gasteiger partial charge on any atom is -0.481 e. The monoisotopic (exact) mass is 232 g/mol. The molecule has 0 bridgehead atoms. The van der Waals surface area contributed by atoms with Crippen LogP contribution in [-0.4, -0.2) is 30.8 Å². The largest absolute Gasteiger partial charge is 0.481 e. The van der Waals surface area contributed by atoms with E-state index < -0.39 is 11.4 Å². The fraction of sp³-hybridized carbons (Fsp3) is 0.333. The van der Waals surface area contributed by atoms with Gasteiger partial charge in [0.1, 0.15) is 5.41 Å². The van der Waals surface area contributed by atoms with Crippen LogP contribution in [0.25, 0.3) is 0 Å². The van der Waals surface area contributed by atoms with Gasteiger partial charge in [0.05, 0.1) is 24.8 Å². The minimum absolute atomic E-state index is 0.229. The van der Waals surface area contributed by atoms with Crippen LogP contribution in [0.3, 0.4) is 0 Å². The maximum Gasteiger partial charge on any atom is 0.316 e. The first-order valence-corrected chi connectivity index (χ1v) is 5.21. The molecule has 1 fully saturated rings. The zero-order valence-electron chi connectivity index (χ0n) is 9.14. The van der Waals surface area contributed by atoms with Crippen molar-refractivity contribution in [2.45, 2.75) is 0 Å². The van der Waals surface area contributed by atoms with Gasteiger partial charge < -0.3 is 15.2 Å². The third-order valence-corrected chi connectivity index (χ3v) is 2.83. The molecule has 17 heavy (non-hydrogen) atoms. The van der Waals surface area contributed by atoms with E-state index in [1.807, 2.05) is 6.07 Å². The maximum absolute atomic E-state index is 11.1. The minimum atomic E-state index is -0.854. The van der Waals surface area contributed by atoms with Gasteiger partial charge in [0.2, 0.25) is 0 Å². The number of nitrogens with one attached hydrogen (secondary N) is 1. The molecular weight excluding hydrogens is 220 g/mol. The van der Waals surface area contributed by atoms with Crippen LogP contribution >= 0.6 is 0 Å². The standard InChI is InChI=1S/C12H12N2O3/c13-5-9-2-1-3-10(4-9)14-6-12(11(15)16)7-17-8-12/h1-4,14H,6-8H2,(H,15,16). The number of rotatable bonds is 4. The molecule has 1 heterocycles. The lowest BCUT2D eigenvalue weighted by atomic mass is 9.86. The first kappa shape index (κ1) is 11.4. The van der Waals surface area contributed by atoms with E-state index in [4.69, 9.17) is 15.1 Å². The summed E-state index contributed by atoms with van der Waals surface area (Å²) in [5, 5.41) is 20.9. The fourth-order valence-electron chi connectivity index (χ4n) is 1.62. The lowest BCUT2D eigenvalue weighted by molar-refractivity contribution is -0.176. The Morgan fingerprint density at radius 2 is 2.35 bits per heavy atom. The van der Waals surface area contributed by atoms with Crippen molar-refractivity contribution in [3.8, 4) is 6.07 Å². The van der Waals surface area contributed by atoms with Crippen LogP contribution in [0.5, 0.6) is 0 Å². The molecule has 0 radical (unpaired) electrons. The van der Waals surface area contributed by atoms with E-state index in [-0.39, 0.29) is 13.2 Å². The zero-order chi connectivity index (χ0) is 12.3. The number of anilines is 1. The van der Waals surface area contributed by atoms with E-state index >= 15 is 0 Å². The highest BCUT2D eigenvalue weighted by molar-refractivity contribution is 5.77. The predicted molar refractivity (Wildman–Crippen MR) is 60.5 cm³/mol. The number of hydrogen-bond donors (Lipinski definition) is 2. The lowest BCUT2D eigenvalue weighted by Gasteiger charge is -2.37. The van der Waals surface area contributed by atoms with Gasteiger partial charge in [0, 0.05) is 12.2 Å². The molecule has 0 aromatic heterocycles. The van der Waals surface area contributed by atoms with E-state index in [1.54, 1.807) is 24.3 Å². The van der Waals surface area contributed by atoms with E-state index in [1.165, 1.54) is 0 Å². The Bertz CT molecular complexity index is 475. The van der Waals surface area contributed by atoms with Gasteiger partial charge >= 0.3 is 5.97 Å². The first-order valence-electron chi connectivity index (χ1n) is 5.21. The van der Waals surface area contributed by atoms with Gasteiger partial charge in [0.25, 0.3) is 0 Å². The molecule has 0 aliphatic carbocycles. The Hall–Kier alpha value is -2.06. The van der Waals surface area contributed by atoms with Gasteiger partial charge in [-0.15, -0.1) is 0 Å². The summed E-state index contributed by atoms with van der Waals surface area (Å²) in [5.74, 6) is -0.854. The van der Waals surface area contributed by atoms with Crippen molar-refractivity contribution in [2.24, 2.45) is 5.41 Å². The molecule has 0 atom stereocenters. The molecule has 0 spiro atoms. The average molecular weight is 232 g/mol. The molecule has 88 valence electrons. The summed E-state index contributed by atoms with van der Waals surface area (Å²) >= 11 is 0. The summed E-state index contributed by atoms with van der Waals surface area (Å²) in [7, 11) is 0. The molecule has 2 rings (SSSR count). The molecular formula is C12H12N2O3. The Kier molecular flexibility index (Phi) is 2.98. The number of aliphatic carboxylic acids is 1. The van der Waals surface area contributed by atoms with Gasteiger partial charge in [0.15, 0.2) is 0 Å². The number of carbonyl (C=O) groups is 1. The number of ether oxygens (including phenoxy) is 1. The van der Waals surface area contributed by atoms with E-state index in [9.17, 15) is 4.79 Å². The third-order valence-electron chi connectivity index (χ3n) is 2.83. The number of benzene rings is 1. The molecule has 1 saturated heterocycles. The van der Waals surface area contributed by atoms with Crippen LogP contribution < -0.4 is 5.32 Å². The van der Waals surface area contributed by atoms with Crippen molar-refractivity contribution < 1.29 is 14.6 Å². The molecule has 0 amide bonds. The second kappa shape index (κ2) is 4.44. The van der Waals surface area contributed by atoms with E-state index in [0.717, 1.165) is 5.69 Å². The van der Waals surface area contributed by atoms with Crippen molar-refractivity contribution in [1.29, 1.82) is 5.26 Å².